The topological polar surface area (TPSA) is 58.6 Å². The van der Waals surface area contributed by atoms with Gasteiger partial charge in [0, 0.05) is 19.2 Å². The Balaban J connectivity index is 2.44. The van der Waals surface area contributed by atoms with Crippen LogP contribution in [0.3, 0.4) is 0 Å². The second kappa shape index (κ2) is 7.92. The second-order valence-electron chi connectivity index (χ2n) is 5.03. The third-order valence-electron chi connectivity index (χ3n) is 2.88. The molecule has 2 atom stereocenters. The first-order valence-electron chi connectivity index (χ1n) is 6.57. The molecule has 0 bridgehead atoms. The van der Waals surface area contributed by atoms with Crippen LogP contribution in [0.5, 0.6) is 0 Å². The Labute approximate surface area is 114 Å². The highest BCUT2D eigenvalue weighted by Crippen LogP contribution is 2.07. The summed E-state index contributed by atoms with van der Waals surface area (Å²) in [5.74, 6) is 0.179. The molecule has 0 aliphatic heterocycles. The van der Waals surface area contributed by atoms with Crippen molar-refractivity contribution >= 4 is 5.91 Å². The number of carbonyl (C=O) groups is 1. The molecule has 0 saturated heterocycles. The molecule has 0 aromatic heterocycles. The molecule has 1 amide bonds. The van der Waals surface area contributed by atoms with Gasteiger partial charge < -0.3 is 15.2 Å². The van der Waals surface area contributed by atoms with Crippen molar-refractivity contribution in [3.63, 3.8) is 0 Å². The van der Waals surface area contributed by atoms with E-state index in [1.165, 1.54) is 0 Å². The van der Waals surface area contributed by atoms with E-state index in [0.29, 0.717) is 25.1 Å². The van der Waals surface area contributed by atoms with Crippen LogP contribution < -0.4 is 5.32 Å². The van der Waals surface area contributed by atoms with Gasteiger partial charge in [0.15, 0.2) is 0 Å². The Kier molecular flexibility index (Phi) is 6.53. The quantitative estimate of drug-likeness (QED) is 0.792. The van der Waals surface area contributed by atoms with Crippen LogP contribution in [-0.2, 0) is 11.3 Å². The van der Waals surface area contributed by atoms with Crippen LogP contribution in [-0.4, -0.2) is 30.8 Å². The average Bonchev–Trinajstić information content (AvgIpc) is 2.36. The molecule has 0 heterocycles. The summed E-state index contributed by atoms with van der Waals surface area (Å²) >= 11 is 0. The maximum absolute atomic E-state index is 11.9. The van der Waals surface area contributed by atoms with Crippen LogP contribution in [0.2, 0.25) is 0 Å². The summed E-state index contributed by atoms with van der Waals surface area (Å²) in [4.78, 5) is 11.9. The standard InChI is InChI=1S/C15H23NO3/c1-11(8-12(2)17)9-16-15(18)14-6-4-13(5-7-14)10-19-3/h4-7,11-12,17H,8-10H2,1-3H3,(H,16,18). The van der Waals surface area contributed by atoms with Crippen molar-refractivity contribution in [2.45, 2.75) is 33.0 Å². The van der Waals surface area contributed by atoms with Crippen LogP contribution in [0.15, 0.2) is 24.3 Å². The van der Waals surface area contributed by atoms with Crippen molar-refractivity contribution < 1.29 is 14.6 Å². The molecule has 0 radical (unpaired) electrons. The van der Waals surface area contributed by atoms with Gasteiger partial charge in [0.05, 0.1) is 12.7 Å². The molecule has 106 valence electrons. The zero-order valence-corrected chi connectivity index (χ0v) is 11.8. The third-order valence-corrected chi connectivity index (χ3v) is 2.88. The lowest BCUT2D eigenvalue weighted by Crippen LogP contribution is -2.29. The first kappa shape index (κ1) is 15.7. The number of rotatable bonds is 7. The van der Waals surface area contributed by atoms with Crippen LogP contribution in [0.4, 0.5) is 0 Å². The Hall–Kier alpha value is -1.39. The summed E-state index contributed by atoms with van der Waals surface area (Å²) in [5.41, 5.74) is 1.69. The van der Waals surface area contributed by atoms with Crippen molar-refractivity contribution in [2.75, 3.05) is 13.7 Å². The van der Waals surface area contributed by atoms with E-state index < -0.39 is 0 Å². The number of aliphatic hydroxyl groups is 1. The molecule has 2 unspecified atom stereocenters. The number of aliphatic hydroxyl groups excluding tert-OH is 1. The number of hydrogen-bond acceptors (Lipinski definition) is 3. The molecule has 0 aliphatic carbocycles. The maximum Gasteiger partial charge on any atom is 0.251 e. The van der Waals surface area contributed by atoms with Crippen molar-refractivity contribution in [1.29, 1.82) is 0 Å². The summed E-state index contributed by atoms with van der Waals surface area (Å²) in [5, 5.41) is 12.1. The highest BCUT2D eigenvalue weighted by Gasteiger charge is 2.09. The molecule has 0 aliphatic rings. The minimum atomic E-state index is -0.333. The highest BCUT2D eigenvalue weighted by molar-refractivity contribution is 5.94. The number of nitrogens with one attached hydrogen (secondary N) is 1. The number of ether oxygens (including phenoxy) is 1. The average molecular weight is 265 g/mol. The fourth-order valence-corrected chi connectivity index (χ4v) is 1.95. The van der Waals surface area contributed by atoms with E-state index in [1.54, 1.807) is 26.2 Å². The van der Waals surface area contributed by atoms with E-state index in [9.17, 15) is 9.90 Å². The third kappa shape index (κ3) is 5.85. The maximum atomic E-state index is 11.9. The summed E-state index contributed by atoms with van der Waals surface area (Å²) in [6.07, 6.45) is 0.354. The predicted octanol–water partition coefficient (Wildman–Crippen LogP) is 1.97. The molecule has 1 aromatic rings. The fraction of sp³-hybridized carbons (Fsp3) is 0.533. The van der Waals surface area contributed by atoms with E-state index in [4.69, 9.17) is 4.74 Å². The lowest BCUT2D eigenvalue weighted by molar-refractivity contribution is 0.0939. The van der Waals surface area contributed by atoms with Gasteiger partial charge >= 0.3 is 0 Å². The van der Waals surface area contributed by atoms with Crippen LogP contribution >= 0.6 is 0 Å². The fourth-order valence-electron chi connectivity index (χ4n) is 1.95. The zero-order chi connectivity index (χ0) is 14.3. The molecule has 1 rings (SSSR count). The van der Waals surface area contributed by atoms with Crippen molar-refractivity contribution in [1.82, 2.24) is 5.32 Å². The minimum absolute atomic E-state index is 0.0820. The Morgan fingerprint density at radius 3 is 2.47 bits per heavy atom. The van der Waals surface area contributed by atoms with E-state index in [0.717, 1.165) is 5.56 Å². The zero-order valence-electron chi connectivity index (χ0n) is 11.8. The van der Waals surface area contributed by atoms with Gasteiger partial charge in [-0.05, 0) is 37.0 Å². The Morgan fingerprint density at radius 2 is 1.95 bits per heavy atom. The first-order chi connectivity index (χ1) is 9.02. The molecule has 0 saturated carbocycles. The van der Waals surface area contributed by atoms with E-state index in [-0.39, 0.29) is 17.9 Å². The smallest absolute Gasteiger partial charge is 0.251 e. The van der Waals surface area contributed by atoms with E-state index in [1.807, 2.05) is 19.1 Å². The molecule has 4 heteroatoms. The van der Waals surface area contributed by atoms with Gasteiger partial charge in [0.2, 0.25) is 0 Å². The van der Waals surface area contributed by atoms with Gasteiger partial charge in [-0.25, -0.2) is 0 Å². The van der Waals surface area contributed by atoms with Gasteiger partial charge in [-0.3, -0.25) is 4.79 Å². The Morgan fingerprint density at radius 1 is 1.32 bits per heavy atom. The van der Waals surface area contributed by atoms with Gasteiger partial charge in [-0.1, -0.05) is 19.1 Å². The lowest BCUT2D eigenvalue weighted by atomic mass is 10.0. The van der Waals surface area contributed by atoms with Gasteiger partial charge in [0.25, 0.3) is 5.91 Å². The second-order valence-corrected chi connectivity index (χ2v) is 5.03. The van der Waals surface area contributed by atoms with Gasteiger partial charge in [-0.15, -0.1) is 0 Å². The summed E-state index contributed by atoms with van der Waals surface area (Å²) < 4.78 is 5.02. The molecular weight excluding hydrogens is 242 g/mol. The van der Waals surface area contributed by atoms with E-state index >= 15 is 0 Å². The number of benzene rings is 1. The van der Waals surface area contributed by atoms with Gasteiger partial charge in [-0.2, -0.15) is 0 Å². The number of amides is 1. The largest absolute Gasteiger partial charge is 0.393 e. The molecule has 19 heavy (non-hydrogen) atoms. The normalized spacial score (nSPS) is 13.9. The molecule has 0 fully saturated rings. The van der Waals surface area contributed by atoms with E-state index in [2.05, 4.69) is 5.32 Å². The van der Waals surface area contributed by atoms with Gasteiger partial charge in [0.1, 0.15) is 0 Å². The molecule has 0 spiro atoms. The number of carbonyl (C=O) groups excluding carboxylic acids is 1. The molecule has 1 aromatic carbocycles. The minimum Gasteiger partial charge on any atom is -0.393 e. The Bertz CT molecular complexity index is 387. The predicted molar refractivity (Wildman–Crippen MR) is 75.0 cm³/mol. The van der Waals surface area contributed by atoms with Crippen molar-refractivity contribution in [3.05, 3.63) is 35.4 Å². The lowest BCUT2D eigenvalue weighted by Gasteiger charge is -2.14. The number of methoxy groups -OCH3 is 1. The van der Waals surface area contributed by atoms with Crippen molar-refractivity contribution in [3.8, 4) is 0 Å². The van der Waals surface area contributed by atoms with Crippen LogP contribution in [0.1, 0.15) is 36.2 Å². The summed E-state index contributed by atoms with van der Waals surface area (Å²) in [6, 6.07) is 7.36. The van der Waals surface area contributed by atoms with Crippen molar-refractivity contribution in [2.24, 2.45) is 5.92 Å². The summed E-state index contributed by atoms with van der Waals surface area (Å²) in [7, 11) is 1.64. The summed E-state index contributed by atoms with van der Waals surface area (Å²) in [6.45, 7) is 4.89. The first-order valence-corrected chi connectivity index (χ1v) is 6.57. The SMILES string of the molecule is COCc1ccc(C(=O)NCC(C)CC(C)O)cc1. The van der Waals surface area contributed by atoms with Crippen LogP contribution in [0, 0.1) is 5.92 Å². The molecule has 4 nitrogen and oxygen atoms in total. The molecule has 2 N–H and O–H groups in total. The molecular formula is C15H23NO3. The highest BCUT2D eigenvalue weighted by atomic mass is 16.5. The van der Waals surface area contributed by atoms with Crippen LogP contribution in [0.25, 0.3) is 0 Å². The number of hydrogen-bond donors (Lipinski definition) is 2. The monoisotopic (exact) mass is 265 g/mol.